The molecular weight excluding hydrogens is 340 g/mol. The number of methoxy groups -OCH3 is 1. The van der Waals surface area contributed by atoms with Crippen molar-refractivity contribution in [2.45, 2.75) is 44.2 Å². The maximum atomic E-state index is 14.5. The summed E-state index contributed by atoms with van der Waals surface area (Å²) in [4.78, 5) is 0. The number of hydrogen-bond acceptors (Lipinski definition) is 2. The summed E-state index contributed by atoms with van der Waals surface area (Å²) in [5.41, 5.74) is -0.507. The van der Waals surface area contributed by atoms with Crippen molar-refractivity contribution >= 4 is 15.9 Å². The molecule has 0 heterocycles. The lowest BCUT2D eigenvalue weighted by molar-refractivity contribution is -0.0759. The Balaban J connectivity index is 2.45. The molecule has 118 valence electrons. The summed E-state index contributed by atoms with van der Waals surface area (Å²) in [5.74, 6) is -0.461. The van der Waals surface area contributed by atoms with Gasteiger partial charge in [0.15, 0.2) is 0 Å². The van der Waals surface area contributed by atoms with E-state index in [1.165, 1.54) is 12.1 Å². The molecule has 0 spiro atoms. The van der Waals surface area contributed by atoms with Crippen LogP contribution in [-0.2, 0) is 4.74 Å². The lowest BCUT2D eigenvalue weighted by Gasteiger charge is -2.44. The van der Waals surface area contributed by atoms with E-state index in [0.29, 0.717) is 5.92 Å². The fourth-order valence-corrected chi connectivity index (χ4v) is 3.68. The first kappa shape index (κ1) is 16.8. The zero-order valence-electron chi connectivity index (χ0n) is 12.7. The van der Waals surface area contributed by atoms with Crippen LogP contribution >= 0.6 is 15.9 Å². The van der Waals surface area contributed by atoms with Gasteiger partial charge in [0.2, 0.25) is 0 Å². The number of nitrogens with one attached hydrogen (secondary N) is 1. The predicted octanol–water partition coefficient (Wildman–Crippen LogP) is 4.58. The molecule has 0 aliphatic heterocycles. The van der Waals surface area contributed by atoms with Gasteiger partial charge >= 0.3 is 0 Å². The van der Waals surface area contributed by atoms with E-state index in [0.717, 1.165) is 25.7 Å². The molecule has 1 fully saturated rings. The minimum absolute atomic E-state index is 0.0586. The van der Waals surface area contributed by atoms with Crippen molar-refractivity contribution in [1.82, 2.24) is 5.32 Å². The highest BCUT2D eigenvalue weighted by molar-refractivity contribution is 9.10. The molecular formula is C16H22BrF2NO. The quantitative estimate of drug-likeness (QED) is 0.792. The van der Waals surface area contributed by atoms with Crippen molar-refractivity contribution < 1.29 is 13.5 Å². The van der Waals surface area contributed by atoms with Crippen LogP contribution in [0.4, 0.5) is 8.78 Å². The molecule has 1 aromatic rings. The first-order valence-corrected chi connectivity index (χ1v) is 8.10. The third kappa shape index (κ3) is 3.15. The number of likely N-dealkylation sites (N-methyl/N-ethyl adjacent to an activating group) is 1. The SMILES string of the molecule is CNC(c1c(F)ccc(Br)c1F)C1(OC)CCC(C)CC1. The highest BCUT2D eigenvalue weighted by atomic mass is 79.9. The van der Waals surface area contributed by atoms with Crippen molar-refractivity contribution in [2.75, 3.05) is 14.2 Å². The molecule has 2 nitrogen and oxygen atoms in total. The van der Waals surface area contributed by atoms with E-state index in [1.807, 2.05) is 0 Å². The van der Waals surface area contributed by atoms with Crippen molar-refractivity contribution in [3.8, 4) is 0 Å². The Kier molecular flexibility index (Phi) is 5.38. The Morgan fingerprint density at radius 3 is 2.48 bits per heavy atom. The molecule has 0 bridgehead atoms. The molecule has 5 heteroatoms. The van der Waals surface area contributed by atoms with Crippen LogP contribution in [0.1, 0.15) is 44.2 Å². The first-order valence-electron chi connectivity index (χ1n) is 7.31. The summed E-state index contributed by atoms with van der Waals surface area (Å²) in [5, 5.41) is 3.08. The van der Waals surface area contributed by atoms with Gasteiger partial charge < -0.3 is 10.1 Å². The summed E-state index contributed by atoms with van der Waals surface area (Å²) >= 11 is 3.14. The molecule has 0 radical (unpaired) electrons. The van der Waals surface area contributed by atoms with E-state index in [-0.39, 0.29) is 10.0 Å². The standard InChI is InChI=1S/C16H22BrF2NO/c1-10-6-8-16(21-3,9-7-10)15(20-2)13-12(18)5-4-11(17)14(13)19/h4-5,10,15,20H,6-9H2,1-3H3. The molecule has 0 amide bonds. The van der Waals surface area contributed by atoms with Crippen molar-refractivity contribution in [3.63, 3.8) is 0 Å². The average molecular weight is 362 g/mol. The van der Waals surface area contributed by atoms with E-state index in [9.17, 15) is 8.78 Å². The van der Waals surface area contributed by atoms with Crippen LogP contribution in [-0.4, -0.2) is 19.8 Å². The molecule has 1 aliphatic rings. The molecule has 0 saturated heterocycles. The zero-order chi connectivity index (χ0) is 15.6. The fraction of sp³-hybridized carbons (Fsp3) is 0.625. The van der Waals surface area contributed by atoms with Crippen LogP contribution in [0.5, 0.6) is 0 Å². The molecule has 21 heavy (non-hydrogen) atoms. The average Bonchev–Trinajstić information content (AvgIpc) is 2.49. The Hall–Kier alpha value is -0.520. The number of halogens is 3. The molecule has 1 aliphatic carbocycles. The molecule has 1 atom stereocenters. The Labute approximate surface area is 133 Å². The lowest BCUT2D eigenvalue weighted by atomic mass is 9.73. The van der Waals surface area contributed by atoms with Gasteiger partial charge in [0.25, 0.3) is 0 Å². The van der Waals surface area contributed by atoms with Gasteiger partial charge in [-0.2, -0.15) is 0 Å². The normalized spacial score (nSPS) is 27.6. The second kappa shape index (κ2) is 6.71. The van der Waals surface area contributed by atoms with Gasteiger partial charge in [-0.05, 0) is 66.7 Å². The van der Waals surface area contributed by atoms with Gasteiger partial charge in [-0.25, -0.2) is 8.78 Å². The summed E-state index contributed by atoms with van der Waals surface area (Å²) in [6, 6.07) is 2.18. The smallest absolute Gasteiger partial charge is 0.145 e. The monoisotopic (exact) mass is 361 g/mol. The minimum Gasteiger partial charge on any atom is -0.376 e. The molecule has 1 unspecified atom stereocenters. The number of rotatable bonds is 4. The van der Waals surface area contributed by atoms with Gasteiger partial charge in [0, 0.05) is 12.7 Å². The second-order valence-electron chi connectivity index (χ2n) is 5.93. The van der Waals surface area contributed by atoms with Crippen LogP contribution in [0.3, 0.4) is 0 Å². The molecule has 2 rings (SSSR count). The highest BCUT2D eigenvalue weighted by Gasteiger charge is 2.44. The summed E-state index contributed by atoms with van der Waals surface area (Å²) in [6.45, 7) is 2.20. The lowest BCUT2D eigenvalue weighted by Crippen LogP contribution is -2.47. The van der Waals surface area contributed by atoms with Gasteiger partial charge in [0.05, 0.1) is 16.1 Å². The van der Waals surface area contributed by atoms with Gasteiger partial charge in [-0.3, -0.25) is 0 Å². The van der Waals surface area contributed by atoms with Crippen molar-refractivity contribution in [2.24, 2.45) is 5.92 Å². The van der Waals surface area contributed by atoms with Crippen LogP contribution < -0.4 is 5.32 Å². The van der Waals surface area contributed by atoms with Gasteiger partial charge in [0.1, 0.15) is 11.6 Å². The van der Waals surface area contributed by atoms with Gasteiger partial charge in [-0.1, -0.05) is 6.92 Å². The number of benzene rings is 1. The Morgan fingerprint density at radius 2 is 1.95 bits per heavy atom. The Bertz CT molecular complexity index is 501. The molecule has 1 aromatic carbocycles. The van der Waals surface area contributed by atoms with Crippen LogP contribution in [0, 0.1) is 17.6 Å². The molecule has 1 N–H and O–H groups in total. The van der Waals surface area contributed by atoms with Crippen molar-refractivity contribution in [1.29, 1.82) is 0 Å². The van der Waals surface area contributed by atoms with E-state index < -0.39 is 23.3 Å². The van der Waals surface area contributed by atoms with Gasteiger partial charge in [-0.15, -0.1) is 0 Å². The maximum absolute atomic E-state index is 14.5. The Morgan fingerprint density at radius 1 is 1.33 bits per heavy atom. The second-order valence-corrected chi connectivity index (χ2v) is 6.78. The maximum Gasteiger partial charge on any atom is 0.145 e. The van der Waals surface area contributed by atoms with E-state index in [4.69, 9.17) is 4.74 Å². The third-order valence-corrected chi connectivity index (χ3v) is 5.32. The van der Waals surface area contributed by atoms with E-state index >= 15 is 0 Å². The van der Waals surface area contributed by atoms with Crippen LogP contribution in [0.2, 0.25) is 0 Å². The molecule has 0 aromatic heterocycles. The largest absolute Gasteiger partial charge is 0.376 e. The zero-order valence-corrected chi connectivity index (χ0v) is 14.3. The van der Waals surface area contributed by atoms with Crippen LogP contribution in [0.15, 0.2) is 16.6 Å². The summed E-state index contributed by atoms with van der Waals surface area (Å²) < 4.78 is 34.8. The van der Waals surface area contributed by atoms with Crippen molar-refractivity contribution in [3.05, 3.63) is 33.8 Å². The summed E-state index contributed by atoms with van der Waals surface area (Å²) in [6.07, 6.45) is 3.59. The minimum atomic E-state index is -0.566. The fourth-order valence-electron chi connectivity index (χ4n) is 3.34. The molecule has 1 saturated carbocycles. The van der Waals surface area contributed by atoms with E-state index in [1.54, 1.807) is 14.2 Å². The van der Waals surface area contributed by atoms with Crippen LogP contribution in [0.25, 0.3) is 0 Å². The highest BCUT2D eigenvalue weighted by Crippen LogP contribution is 2.44. The number of hydrogen-bond donors (Lipinski definition) is 1. The third-order valence-electron chi connectivity index (χ3n) is 4.71. The summed E-state index contributed by atoms with van der Waals surface area (Å²) in [7, 11) is 3.36. The topological polar surface area (TPSA) is 21.3 Å². The first-order chi connectivity index (χ1) is 9.95. The predicted molar refractivity (Wildman–Crippen MR) is 83.2 cm³/mol. The van der Waals surface area contributed by atoms with E-state index in [2.05, 4.69) is 28.2 Å². The number of ether oxygens (including phenoxy) is 1.